The van der Waals surface area contributed by atoms with Crippen LogP contribution in [-0.4, -0.2) is 31.2 Å². The number of nitrogens with zero attached hydrogens (tertiary/aromatic N) is 1. The van der Waals surface area contributed by atoms with Crippen molar-refractivity contribution in [3.8, 4) is 0 Å². The van der Waals surface area contributed by atoms with E-state index in [4.69, 9.17) is 0 Å². The van der Waals surface area contributed by atoms with Crippen LogP contribution in [0.4, 0.5) is 20.3 Å². The molecule has 1 aromatic heterocycles. The minimum absolute atomic E-state index is 0.163. The van der Waals surface area contributed by atoms with Crippen molar-refractivity contribution in [3.63, 3.8) is 0 Å². The molecule has 1 aromatic carbocycles. The average molecular weight is 385 g/mol. The number of anilines is 2. The molecule has 0 aliphatic heterocycles. The summed E-state index contributed by atoms with van der Waals surface area (Å²) in [7, 11) is -4.04. The number of rotatable bonds is 6. The smallest absolute Gasteiger partial charge is 0.263 e. The highest BCUT2D eigenvalue weighted by atomic mass is 32.2. The van der Waals surface area contributed by atoms with E-state index in [2.05, 4.69) is 15.0 Å². The Kier molecular flexibility index (Phi) is 5.82. The Balaban J connectivity index is 2.09. The number of hydrogen-bond donors (Lipinski definition) is 3. The fraction of sp³-hybridized carbons (Fsp3) is 0.353. The van der Waals surface area contributed by atoms with E-state index in [9.17, 15) is 22.3 Å². The molecule has 0 spiro atoms. The Hall–Kier alpha value is -2.26. The van der Waals surface area contributed by atoms with Crippen LogP contribution >= 0.6 is 0 Å². The monoisotopic (exact) mass is 385 g/mol. The molecule has 26 heavy (non-hydrogen) atoms. The van der Waals surface area contributed by atoms with Gasteiger partial charge in [0.25, 0.3) is 10.0 Å². The molecule has 0 fully saturated rings. The summed E-state index contributed by atoms with van der Waals surface area (Å²) in [6, 6.07) is 5.13. The second-order valence-corrected chi connectivity index (χ2v) is 8.59. The van der Waals surface area contributed by atoms with Crippen LogP contribution in [0.1, 0.15) is 20.8 Å². The number of pyridine rings is 1. The van der Waals surface area contributed by atoms with E-state index < -0.39 is 27.8 Å². The first-order valence-electron chi connectivity index (χ1n) is 7.84. The molecule has 9 heteroatoms. The van der Waals surface area contributed by atoms with Crippen molar-refractivity contribution in [2.24, 2.45) is 5.41 Å². The van der Waals surface area contributed by atoms with Gasteiger partial charge in [-0.15, -0.1) is 0 Å². The highest BCUT2D eigenvalue weighted by Crippen LogP contribution is 2.21. The van der Waals surface area contributed by atoms with E-state index >= 15 is 0 Å². The molecule has 0 saturated heterocycles. The summed E-state index contributed by atoms with van der Waals surface area (Å²) in [5, 5.41) is 12.9. The molecule has 0 aliphatic carbocycles. The van der Waals surface area contributed by atoms with Crippen molar-refractivity contribution in [2.45, 2.75) is 31.8 Å². The van der Waals surface area contributed by atoms with E-state index in [0.29, 0.717) is 11.9 Å². The Morgan fingerprint density at radius 1 is 1.15 bits per heavy atom. The van der Waals surface area contributed by atoms with Crippen molar-refractivity contribution >= 4 is 21.5 Å². The Morgan fingerprint density at radius 2 is 1.77 bits per heavy atom. The first kappa shape index (κ1) is 20.1. The van der Waals surface area contributed by atoms with E-state index in [0.717, 1.165) is 18.3 Å². The molecule has 2 aromatic rings. The van der Waals surface area contributed by atoms with E-state index in [1.165, 1.54) is 12.1 Å². The third-order valence-electron chi connectivity index (χ3n) is 3.64. The van der Waals surface area contributed by atoms with Gasteiger partial charge in [-0.2, -0.15) is 0 Å². The van der Waals surface area contributed by atoms with Crippen LogP contribution in [0.2, 0.25) is 0 Å². The zero-order valence-corrected chi connectivity index (χ0v) is 15.4. The van der Waals surface area contributed by atoms with Gasteiger partial charge in [-0.25, -0.2) is 22.2 Å². The van der Waals surface area contributed by atoms with Gasteiger partial charge in [0.2, 0.25) is 0 Å². The predicted molar refractivity (Wildman–Crippen MR) is 95.4 cm³/mol. The third-order valence-corrected chi connectivity index (χ3v) is 5.00. The topological polar surface area (TPSA) is 91.3 Å². The number of halogens is 2. The van der Waals surface area contributed by atoms with Crippen LogP contribution in [0.5, 0.6) is 0 Å². The second kappa shape index (κ2) is 7.55. The largest absolute Gasteiger partial charge is 0.391 e. The molecule has 0 amide bonds. The molecule has 2 rings (SSSR count). The summed E-state index contributed by atoms with van der Waals surface area (Å²) in [6.07, 6.45) is 0.501. The number of sulfonamides is 1. The molecule has 1 heterocycles. The van der Waals surface area contributed by atoms with Crippen molar-refractivity contribution in [2.75, 3.05) is 16.6 Å². The van der Waals surface area contributed by atoms with Crippen molar-refractivity contribution in [1.82, 2.24) is 4.98 Å². The third kappa shape index (κ3) is 5.37. The quantitative estimate of drug-likeness (QED) is 0.711. The normalized spacial score (nSPS) is 13.3. The SMILES string of the molecule is CC(C)(C)C(O)CNc1ccc(S(=O)(=O)Nc2cc(F)cc(F)c2)cn1. The zero-order valence-electron chi connectivity index (χ0n) is 14.6. The number of aliphatic hydroxyl groups is 1. The lowest BCUT2D eigenvalue weighted by molar-refractivity contribution is 0.0745. The molecule has 0 radical (unpaired) electrons. The van der Waals surface area contributed by atoms with Gasteiger partial charge in [0.05, 0.1) is 11.8 Å². The molecule has 0 aliphatic rings. The van der Waals surface area contributed by atoms with Crippen LogP contribution in [-0.2, 0) is 10.0 Å². The van der Waals surface area contributed by atoms with Gasteiger partial charge in [-0.05, 0) is 29.7 Å². The van der Waals surface area contributed by atoms with Gasteiger partial charge in [0, 0.05) is 18.8 Å². The molecule has 3 N–H and O–H groups in total. The number of nitrogens with one attached hydrogen (secondary N) is 2. The van der Waals surface area contributed by atoms with E-state index in [1.54, 1.807) is 0 Å². The summed E-state index contributed by atoms with van der Waals surface area (Å²) in [5.74, 6) is -1.39. The van der Waals surface area contributed by atoms with Crippen LogP contribution < -0.4 is 10.0 Å². The maximum Gasteiger partial charge on any atom is 0.263 e. The summed E-state index contributed by atoms with van der Waals surface area (Å²) in [6.45, 7) is 5.93. The molecular weight excluding hydrogens is 364 g/mol. The molecule has 6 nitrogen and oxygen atoms in total. The van der Waals surface area contributed by atoms with E-state index in [1.807, 2.05) is 20.8 Å². The lowest BCUT2D eigenvalue weighted by atomic mass is 9.89. The fourth-order valence-electron chi connectivity index (χ4n) is 1.98. The summed E-state index contributed by atoms with van der Waals surface area (Å²) in [5.41, 5.74) is -0.529. The summed E-state index contributed by atoms with van der Waals surface area (Å²) >= 11 is 0. The molecular formula is C17H21F2N3O3S. The molecule has 142 valence electrons. The Morgan fingerprint density at radius 3 is 2.27 bits per heavy atom. The number of aromatic nitrogens is 1. The van der Waals surface area contributed by atoms with Gasteiger partial charge >= 0.3 is 0 Å². The second-order valence-electron chi connectivity index (χ2n) is 6.91. The highest BCUT2D eigenvalue weighted by molar-refractivity contribution is 7.92. The van der Waals surface area contributed by atoms with Gasteiger partial charge in [0.1, 0.15) is 22.3 Å². The van der Waals surface area contributed by atoms with E-state index in [-0.39, 0.29) is 22.5 Å². The lowest BCUT2D eigenvalue weighted by Gasteiger charge is -2.26. The Bertz CT molecular complexity index is 846. The van der Waals surface area contributed by atoms with Crippen LogP contribution in [0, 0.1) is 17.0 Å². The molecule has 0 saturated carbocycles. The standard InChI is InChI=1S/C17H21F2N3O3S/c1-17(2,3)15(23)10-21-16-5-4-14(9-20-16)26(24,25)22-13-7-11(18)6-12(19)8-13/h4-9,15,22-23H,10H2,1-3H3,(H,20,21). The average Bonchev–Trinajstić information content (AvgIpc) is 2.50. The lowest BCUT2D eigenvalue weighted by Crippen LogP contribution is -2.33. The summed E-state index contributed by atoms with van der Waals surface area (Å²) in [4.78, 5) is 3.82. The van der Waals surface area contributed by atoms with Gasteiger partial charge in [0.15, 0.2) is 0 Å². The fourth-order valence-corrected chi connectivity index (χ4v) is 2.96. The van der Waals surface area contributed by atoms with Gasteiger partial charge in [-0.1, -0.05) is 20.8 Å². The minimum atomic E-state index is -4.04. The molecule has 1 atom stereocenters. The minimum Gasteiger partial charge on any atom is -0.391 e. The molecule has 0 bridgehead atoms. The summed E-state index contributed by atoms with van der Waals surface area (Å²) < 4.78 is 53.0. The van der Waals surface area contributed by atoms with Gasteiger partial charge < -0.3 is 10.4 Å². The highest BCUT2D eigenvalue weighted by Gasteiger charge is 2.22. The first-order chi connectivity index (χ1) is 12.0. The van der Waals surface area contributed by atoms with Crippen LogP contribution in [0.3, 0.4) is 0 Å². The Labute approximate surface area is 151 Å². The number of aliphatic hydroxyl groups excluding tert-OH is 1. The van der Waals surface area contributed by atoms with Crippen LogP contribution in [0.15, 0.2) is 41.4 Å². The zero-order chi connectivity index (χ0) is 19.5. The van der Waals surface area contributed by atoms with Crippen molar-refractivity contribution < 1.29 is 22.3 Å². The predicted octanol–water partition coefficient (Wildman–Crippen LogP) is 2.98. The number of benzene rings is 1. The maximum atomic E-state index is 13.2. The van der Waals surface area contributed by atoms with Crippen molar-refractivity contribution in [1.29, 1.82) is 0 Å². The van der Waals surface area contributed by atoms with Crippen LogP contribution in [0.25, 0.3) is 0 Å². The first-order valence-corrected chi connectivity index (χ1v) is 9.32. The number of hydrogen-bond acceptors (Lipinski definition) is 5. The molecule has 1 unspecified atom stereocenters. The van der Waals surface area contributed by atoms with Gasteiger partial charge in [-0.3, -0.25) is 4.72 Å². The maximum absolute atomic E-state index is 13.2. The van der Waals surface area contributed by atoms with Crippen molar-refractivity contribution in [3.05, 3.63) is 48.2 Å².